The highest BCUT2D eigenvalue weighted by Gasteiger charge is 2.23. The summed E-state index contributed by atoms with van der Waals surface area (Å²) in [4.78, 5) is 0. The topological polar surface area (TPSA) is 12.0 Å². The molecule has 0 spiro atoms. The average molecular weight is 375 g/mol. The molecule has 1 atom stereocenters. The van der Waals surface area contributed by atoms with E-state index < -0.39 is 0 Å². The Labute approximate surface area is 135 Å². The Hall–Kier alpha value is -0.770. The Morgan fingerprint density at radius 2 is 1.85 bits per heavy atom. The third kappa shape index (κ3) is 2.80. The fraction of sp³-hybridized carbons (Fsp3) is 0.200. The van der Waals surface area contributed by atoms with Crippen LogP contribution in [0.25, 0.3) is 0 Å². The van der Waals surface area contributed by atoms with Gasteiger partial charge in [-0.05, 0) is 64.2 Å². The molecule has 1 N–H and O–H groups in total. The third-order valence-corrected chi connectivity index (χ3v) is 4.61. The van der Waals surface area contributed by atoms with E-state index in [1.807, 2.05) is 12.1 Å². The summed E-state index contributed by atoms with van der Waals surface area (Å²) in [7, 11) is 0. The Kier molecular flexibility index (Phi) is 3.93. The van der Waals surface area contributed by atoms with Gasteiger partial charge >= 0.3 is 0 Å². The predicted molar refractivity (Wildman–Crippen MR) is 85.4 cm³/mol. The van der Waals surface area contributed by atoms with E-state index in [-0.39, 0.29) is 11.9 Å². The summed E-state index contributed by atoms with van der Waals surface area (Å²) >= 11 is 15.4. The van der Waals surface area contributed by atoms with E-state index in [4.69, 9.17) is 23.2 Å². The van der Waals surface area contributed by atoms with Crippen LogP contribution in [0.3, 0.4) is 0 Å². The molecular weight excluding hydrogens is 364 g/mol. The quantitative estimate of drug-likeness (QED) is 0.734. The van der Waals surface area contributed by atoms with Gasteiger partial charge in [0.05, 0.1) is 10.7 Å². The normalized spacial score (nSPS) is 17.1. The molecule has 5 heteroatoms. The van der Waals surface area contributed by atoms with Crippen molar-refractivity contribution in [3.63, 3.8) is 0 Å². The first-order valence-corrected chi connectivity index (χ1v) is 7.76. The first-order valence-electron chi connectivity index (χ1n) is 6.21. The highest BCUT2D eigenvalue weighted by Crippen LogP contribution is 2.34. The van der Waals surface area contributed by atoms with E-state index in [1.54, 1.807) is 0 Å². The number of rotatable bonds is 2. The van der Waals surface area contributed by atoms with E-state index in [0.717, 1.165) is 23.6 Å². The molecule has 2 aromatic carbocycles. The van der Waals surface area contributed by atoms with Gasteiger partial charge in [0.25, 0.3) is 0 Å². The minimum atomic E-state index is -0.353. The van der Waals surface area contributed by atoms with Crippen LogP contribution in [-0.4, -0.2) is 6.04 Å². The number of fused-ring (bicyclic) bond motifs is 1. The number of halogens is 4. The second-order valence-corrected chi connectivity index (χ2v) is 6.60. The van der Waals surface area contributed by atoms with Crippen LogP contribution in [0.4, 0.5) is 10.1 Å². The molecule has 0 amide bonds. The summed E-state index contributed by atoms with van der Waals surface area (Å²) in [6, 6.07) is 8.92. The largest absolute Gasteiger partial charge is 0.380 e. The molecule has 1 unspecified atom stereocenters. The summed E-state index contributed by atoms with van der Waals surface area (Å²) < 4.78 is 13.9. The van der Waals surface area contributed by atoms with E-state index in [9.17, 15) is 4.39 Å². The highest BCUT2D eigenvalue weighted by atomic mass is 79.9. The van der Waals surface area contributed by atoms with Gasteiger partial charge < -0.3 is 5.32 Å². The van der Waals surface area contributed by atoms with Crippen molar-refractivity contribution in [1.29, 1.82) is 0 Å². The van der Waals surface area contributed by atoms with Crippen molar-refractivity contribution in [3.05, 3.63) is 61.8 Å². The van der Waals surface area contributed by atoms with Crippen molar-refractivity contribution < 1.29 is 4.39 Å². The van der Waals surface area contributed by atoms with Crippen molar-refractivity contribution in [1.82, 2.24) is 0 Å². The number of benzene rings is 2. The van der Waals surface area contributed by atoms with Gasteiger partial charge in [0.1, 0.15) is 5.82 Å². The monoisotopic (exact) mass is 373 g/mol. The Morgan fingerprint density at radius 3 is 2.60 bits per heavy atom. The number of hydrogen-bond acceptors (Lipinski definition) is 1. The lowest BCUT2D eigenvalue weighted by molar-refractivity contribution is 0.627. The molecule has 0 aromatic heterocycles. The Balaban J connectivity index is 1.81. The van der Waals surface area contributed by atoms with Gasteiger partial charge in [0, 0.05) is 15.5 Å². The van der Waals surface area contributed by atoms with E-state index in [2.05, 4.69) is 27.3 Å². The Bertz CT molecular complexity index is 652. The van der Waals surface area contributed by atoms with Gasteiger partial charge in [-0.3, -0.25) is 0 Å². The lowest BCUT2D eigenvalue weighted by Crippen LogP contribution is -2.20. The number of anilines is 1. The van der Waals surface area contributed by atoms with Gasteiger partial charge in [-0.15, -0.1) is 0 Å². The van der Waals surface area contributed by atoms with Gasteiger partial charge in [0.2, 0.25) is 0 Å². The second kappa shape index (κ2) is 5.55. The first-order chi connectivity index (χ1) is 9.52. The molecule has 20 heavy (non-hydrogen) atoms. The standard InChI is InChI=1S/C15H11BrCl2FN/c16-13-6-11(19)7-14(18)15(13)20-12-4-8-1-2-10(17)3-9(8)5-12/h1-3,6-7,12,20H,4-5H2. The fourth-order valence-electron chi connectivity index (χ4n) is 2.57. The smallest absolute Gasteiger partial charge is 0.125 e. The van der Waals surface area contributed by atoms with Crippen molar-refractivity contribution >= 4 is 44.8 Å². The van der Waals surface area contributed by atoms with Gasteiger partial charge in [0.15, 0.2) is 0 Å². The molecule has 1 aliphatic carbocycles. The Morgan fingerprint density at radius 1 is 1.10 bits per heavy atom. The average Bonchev–Trinajstić information content (AvgIpc) is 2.75. The van der Waals surface area contributed by atoms with E-state index in [0.29, 0.717) is 9.50 Å². The second-order valence-electron chi connectivity index (χ2n) is 4.91. The van der Waals surface area contributed by atoms with Crippen LogP contribution in [-0.2, 0) is 12.8 Å². The molecule has 3 rings (SSSR count). The zero-order chi connectivity index (χ0) is 14.3. The minimum Gasteiger partial charge on any atom is -0.380 e. The molecule has 0 saturated carbocycles. The third-order valence-electron chi connectivity index (χ3n) is 3.46. The van der Waals surface area contributed by atoms with Crippen molar-refractivity contribution in [2.24, 2.45) is 0 Å². The van der Waals surface area contributed by atoms with Crippen LogP contribution >= 0.6 is 39.1 Å². The lowest BCUT2D eigenvalue weighted by Gasteiger charge is -2.16. The maximum Gasteiger partial charge on any atom is 0.125 e. The zero-order valence-electron chi connectivity index (χ0n) is 10.4. The van der Waals surface area contributed by atoms with Crippen LogP contribution < -0.4 is 5.32 Å². The summed E-state index contributed by atoms with van der Waals surface area (Å²) in [6.07, 6.45) is 1.79. The van der Waals surface area contributed by atoms with Crippen LogP contribution in [0.1, 0.15) is 11.1 Å². The summed E-state index contributed by atoms with van der Waals surface area (Å²) in [6.45, 7) is 0. The summed E-state index contributed by atoms with van der Waals surface area (Å²) in [5, 5.41) is 4.52. The van der Waals surface area contributed by atoms with Crippen LogP contribution in [0.5, 0.6) is 0 Å². The van der Waals surface area contributed by atoms with Gasteiger partial charge in [-0.25, -0.2) is 4.39 Å². The van der Waals surface area contributed by atoms with Gasteiger partial charge in [-0.2, -0.15) is 0 Å². The van der Waals surface area contributed by atoms with Crippen molar-refractivity contribution in [2.45, 2.75) is 18.9 Å². The molecular formula is C15H11BrCl2FN. The molecule has 0 heterocycles. The van der Waals surface area contributed by atoms with Gasteiger partial charge in [-0.1, -0.05) is 29.3 Å². The molecule has 0 fully saturated rings. The van der Waals surface area contributed by atoms with E-state index in [1.165, 1.54) is 23.3 Å². The lowest BCUT2D eigenvalue weighted by atomic mass is 10.1. The molecule has 0 bridgehead atoms. The molecule has 0 radical (unpaired) electrons. The van der Waals surface area contributed by atoms with Crippen molar-refractivity contribution in [2.75, 3.05) is 5.32 Å². The number of hydrogen-bond donors (Lipinski definition) is 1. The maximum atomic E-state index is 13.2. The zero-order valence-corrected chi connectivity index (χ0v) is 13.5. The highest BCUT2D eigenvalue weighted by molar-refractivity contribution is 9.10. The molecule has 1 aliphatic rings. The van der Waals surface area contributed by atoms with E-state index >= 15 is 0 Å². The predicted octanol–water partition coefficient (Wildman–Crippen LogP) is 5.47. The SMILES string of the molecule is Fc1cc(Cl)c(NC2Cc3ccc(Cl)cc3C2)c(Br)c1. The molecule has 0 saturated heterocycles. The maximum absolute atomic E-state index is 13.2. The summed E-state index contributed by atoms with van der Waals surface area (Å²) in [5.74, 6) is -0.353. The number of nitrogens with one attached hydrogen (secondary N) is 1. The van der Waals surface area contributed by atoms with Crippen molar-refractivity contribution in [3.8, 4) is 0 Å². The summed E-state index contributed by atoms with van der Waals surface area (Å²) in [5.41, 5.74) is 3.28. The minimum absolute atomic E-state index is 0.239. The van der Waals surface area contributed by atoms with Crippen LogP contribution in [0, 0.1) is 5.82 Å². The van der Waals surface area contributed by atoms with Crippen LogP contribution in [0.2, 0.25) is 10.0 Å². The molecule has 0 aliphatic heterocycles. The van der Waals surface area contributed by atoms with Crippen LogP contribution in [0.15, 0.2) is 34.8 Å². The molecule has 104 valence electrons. The first kappa shape index (κ1) is 14.2. The fourth-order valence-corrected chi connectivity index (χ4v) is 3.69. The molecule has 1 nitrogen and oxygen atoms in total. The molecule has 2 aromatic rings.